The third kappa shape index (κ3) is 6.04. The first-order chi connectivity index (χ1) is 14.6. The number of nitrogens with zero attached hydrogens (tertiary/aromatic N) is 2. The zero-order chi connectivity index (χ0) is 21.3. The summed E-state index contributed by atoms with van der Waals surface area (Å²) in [6.07, 6.45) is 6.98. The Hall–Kier alpha value is -2.92. The van der Waals surface area contributed by atoms with Crippen molar-refractivity contribution in [2.24, 2.45) is 0 Å². The van der Waals surface area contributed by atoms with Crippen LogP contribution in [0.2, 0.25) is 0 Å². The maximum absolute atomic E-state index is 12.7. The Morgan fingerprint density at radius 1 is 1.23 bits per heavy atom. The largest absolute Gasteiger partial charge is 0.355 e. The van der Waals surface area contributed by atoms with Gasteiger partial charge in [-0.1, -0.05) is 42.5 Å². The average Bonchev–Trinajstić information content (AvgIpc) is 3.22. The van der Waals surface area contributed by atoms with Crippen molar-refractivity contribution in [1.82, 2.24) is 20.4 Å². The van der Waals surface area contributed by atoms with Gasteiger partial charge in [0.15, 0.2) is 0 Å². The number of aromatic nitrogens is 2. The normalized spacial score (nSPS) is 13.3. The first kappa shape index (κ1) is 21.8. The fourth-order valence-electron chi connectivity index (χ4n) is 3.79. The van der Waals surface area contributed by atoms with Crippen LogP contribution in [0.5, 0.6) is 0 Å². The van der Waals surface area contributed by atoms with Crippen molar-refractivity contribution in [3.8, 4) is 0 Å². The molecule has 158 valence electrons. The molecule has 5 heteroatoms. The summed E-state index contributed by atoms with van der Waals surface area (Å²) in [6.45, 7) is 4.45. The van der Waals surface area contributed by atoms with Gasteiger partial charge in [-0.3, -0.25) is 9.89 Å². The molecule has 0 radical (unpaired) electrons. The van der Waals surface area contributed by atoms with Crippen LogP contribution < -0.4 is 5.32 Å². The molecular formula is C25H32N4O. The van der Waals surface area contributed by atoms with Gasteiger partial charge in [-0.15, -0.1) is 6.58 Å². The number of aromatic amines is 1. The highest BCUT2D eigenvalue weighted by Gasteiger charge is 2.18. The number of rotatable bonds is 11. The fourth-order valence-corrected chi connectivity index (χ4v) is 3.79. The smallest absolute Gasteiger partial charge is 0.220 e. The quantitative estimate of drug-likeness (QED) is 0.469. The SMILES string of the molecule is C=CCC[C@@H](CC(=O)NC[C@H](Cc1ccc2[nH]ncc2c1)N(C)C)c1ccccc1. The minimum absolute atomic E-state index is 0.102. The number of H-pyrrole nitrogens is 1. The van der Waals surface area contributed by atoms with Crippen molar-refractivity contribution in [2.45, 2.75) is 37.6 Å². The average molecular weight is 405 g/mol. The van der Waals surface area contributed by atoms with Crippen LogP contribution in [0.4, 0.5) is 0 Å². The molecule has 0 aliphatic carbocycles. The number of hydrogen-bond acceptors (Lipinski definition) is 3. The molecule has 0 saturated heterocycles. The number of fused-ring (bicyclic) bond motifs is 1. The third-order valence-electron chi connectivity index (χ3n) is 5.66. The Bertz CT molecular complexity index is 948. The summed E-state index contributed by atoms with van der Waals surface area (Å²) in [4.78, 5) is 14.9. The van der Waals surface area contributed by atoms with E-state index in [9.17, 15) is 4.79 Å². The molecule has 1 heterocycles. The van der Waals surface area contributed by atoms with E-state index in [1.54, 1.807) is 0 Å². The highest BCUT2D eigenvalue weighted by molar-refractivity contribution is 5.78. The molecule has 5 nitrogen and oxygen atoms in total. The van der Waals surface area contributed by atoms with Crippen LogP contribution in [0.15, 0.2) is 67.4 Å². The fraction of sp³-hybridized carbons (Fsp3) is 0.360. The van der Waals surface area contributed by atoms with Crippen molar-refractivity contribution >= 4 is 16.8 Å². The first-order valence-corrected chi connectivity index (χ1v) is 10.6. The molecule has 3 rings (SSSR count). The molecule has 2 aromatic carbocycles. The number of benzene rings is 2. The molecule has 0 aliphatic rings. The van der Waals surface area contributed by atoms with Gasteiger partial charge >= 0.3 is 0 Å². The van der Waals surface area contributed by atoms with Gasteiger partial charge in [0.25, 0.3) is 0 Å². The van der Waals surface area contributed by atoms with Gasteiger partial charge in [-0.25, -0.2) is 0 Å². The van der Waals surface area contributed by atoms with E-state index in [1.807, 2.05) is 30.5 Å². The Morgan fingerprint density at radius 3 is 2.77 bits per heavy atom. The van der Waals surface area contributed by atoms with Crippen LogP contribution in [0.1, 0.15) is 36.3 Å². The Kier molecular flexibility index (Phi) is 7.80. The third-order valence-corrected chi connectivity index (χ3v) is 5.66. The van der Waals surface area contributed by atoms with Gasteiger partial charge in [0.05, 0.1) is 11.7 Å². The lowest BCUT2D eigenvalue weighted by Crippen LogP contribution is -2.41. The second-order valence-electron chi connectivity index (χ2n) is 8.09. The molecule has 2 N–H and O–H groups in total. The molecule has 2 atom stereocenters. The molecule has 3 aromatic rings. The Labute approximate surface area is 179 Å². The van der Waals surface area contributed by atoms with E-state index in [4.69, 9.17) is 0 Å². The van der Waals surface area contributed by atoms with Crippen molar-refractivity contribution in [2.75, 3.05) is 20.6 Å². The second kappa shape index (κ2) is 10.7. The summed E-state index contributed by atoms with van der Waals surface area (Å²) in [6, 6.07) is 16.9. The lowest BCUT2D eigenvalue weighted by atomic mass is 9.91. The van der Waals surface area contributed by atoms with E-state index in [2.05, 4.69) is 71.4 Å². The molecule has 0 bridgehead atoms. The van der Waals surface area contributed by atoms with E-state index in [1.165, 1.54) is 11.1 Å². The topological polar surface area (TPSA) is 61.0 Å². The van der Waals surface area contributed by atoms with E-state index in [0.717, 1.165) is 30.2 Å². The molecule has 0 spiro atoms. The van der Waals surface area contributed by atoms with Crippen molar-refractivity contribution in [3.63, 3.8) is 0 Å². The van der Waals surface area contributed by atoms with Crippen molar-refractivity contribution < 1.29 is 4.79 Å². The van der Waals surface area contributed by atoms with Crippen LogP contribution in [-0.4, -0.2) is 47.7 Å². The first-order valence-electron chi connectivity index (χ1n) is 10.6. The zero-order valence-corrected chi connectivity index (χ0v) is 18.0. The monoisotopic (exact) mass is 404 g/mol. The number of nitrogens with one attached hydrogen (secondary N) is 2. The van der Waals surface area contributed by atoms with Crippen molar-refractivity contribution in [3.05, 3.63) is 78.5 Å². The highest BCUT2D eigenvalue weighted by atomic mass is 16.1. The number of likely N-dealkylation sites (N-methyl/N-ethyl adjacent to an activating group) is 1. The minimum atomic E-state index is 0.102. The molecule has 0 fully saturated rings. The predicted octanol–water partition coefficient (Wildman–Crippen LogP) is 4.29. The maximum atomic E-state index is 12.7. The summed E-state index contributed by atoms with van der Waals surface area (Å²) in [5.74, 6) is 0.315. The summed E-state index contributed by atoms with van der Waals surface area (Å²) < 4.78 is 0. The number of amides is 1. The summed E-state index contributed by atoms with van der Waals surface area (Å²) >= 11 is 0. The minimum Gasteiger partial charge on any atom is -0.355 e. The van der Waals surface area contributed by atoms with Crippen LogP contribution in [0, 0.1) is 0 Å². The van der Waals surface area contributed by atoms with E-state index in [-0.39, 0.29) is 17.9 Å². The lowest BCUT2D eigenvalue weighted by molar-refractivity contribution is -0.121. The predicted molar refractivity (Wildman–Crippen MR) is 124 cm³/mol. The standard InChI is InChI=1S/C25H32N4O/c1-4-5-9-21(20-10-7-6-8-11-20)16-25(30)26-18-23(29(2)3)15-19-12-13-24-22(14-19)17-27-28-24/h4,6-8,10-14,17,21,23H,1,5,9,15-16,18H2,2-3H3,(H,26,30)(H,27,28)/t21-,23-/m0/s1. The zero-order valence-electron chi connectivity index (χ0n) is 18.0. The van der Waals surface area contributed by atoms with Gasteiger partial charge < -0.3 is 10.2 Å². The van der Waals surface area contributed by atoms with Gasteiger partial charge in [-0.05, 0) is 62.5 Å². The summed E-state index contributed by atoms with van der Waals surface area (Å²) in [5, 5.41) is 11.4. The number of allylic oxidation sites excluding steroid dienone is 1. The molecule has 0 aliphatic heterocycles. The Morgan fingerprint density at radius 2 is 2.03 bits per heavy atom. The molecule has 0 saturated carbocycles. The lowest BCUT2D eigenvalue weighted by Gasteiger charge is -2.25. The molecule has 0 unspecified atom stereocenters. The van der Waals surface area contributed by atoms with Gasteiger partial charge in [0.1, 0.15) is 0 Å². The summed E-state index contributed by atoms with van der Waals surface area (Å²) in [7, 11) is 4.12. The van der Waals surface area contributed by atoms with Crippen LogP contribution in [0.3, 0.4) is 0 Å². The highest BCUT2D eigenvalue weighted by Crippen LogP contribution is 2.25. The van der Waals surface area contributed by atoms with Gasteiger partial charge in [0, 0.05) is 24.4 Å². The number of carbonyl (C=O) groups is 1. The Balaban J connectivity index is 1.58. The van der Waals surface area contributed by atoms with E-state index >= 15 is 0 Å². The van der Waals surface area contributed by atoms with E-state index < -0.39 is 0 Å². The van der Waals surface area contributed by atoms with Crippen LogP contribution in [-0.2, 0) is 11.2 Å². The van der Waals surface area contributed by atoms with Crippen molar-refractivity contribution in [1.29, 1.82) is 0 Å². The maximum Gasteiger partial charge on any atom is 0.220 e. The van der Waals surface area contributed by atoms with Gasteiger partial charge in [-0.2, -0.15) is 5.10 Å². The van der Waals surface area contributed by atoms with Gasteiger partial charge in [0.2, 0.25) is 5.91 Å². The van der Waals surface area contributed by atoms with Crippen LogP contribution >= 0.6 is 0 Å². The van der Waals surface area contributed by atoms with Crippen LogP contribution in [0.25, 0.3) is 10.9 Å². The molecule has 30 heavy (non-hydrogen) atoms. The number of hydrogen-bond donors (Lipinski definition) is 2. The molecule has 1 aromatic heterocycles. The summed E-state index contributed by atoms with van der Waals surface area (Å²) in [5.41, 5.74) is 3.50. The molecule has 1 amide bonds. The second-order valence-corrected chi connectivity index (χ2v) is 8.09. The van der Waals surface area contributed by atoms with E-state index in [0.29, 0.717) is 13.0 Å². The number of carbonyl (C=O) groups excluding carboxylic acids is 1. The molecular weight excluding hydrogens is 372 g/mol.